The van der Waals surface area contributed by atoms with Crippen molar-refractivity contribution < 1.29 is 9.13 Å². The summed E-state index contributed by atoms with van der Waals surface area (Å²) in [6.45, 7) is 2.80. The molecule has 0 fully saturated rings. The maximum Gasteiger partial charge on any atom is 0.132 e. The molecule has 0 radical (unpaired) electrons. The molecule has 25 heavy (non-hydrogen) atoms. The van der Waals surface area contributed by atoms with Gasteiger partial charge in [0.25, 0.3) is 0 Å². The van der Waals surface area contributed by atoms with Crippen molar-refractivity contribution in [2.45, 2.75) is 25.9 Å². The van der Waals surface area contributed by atoms with Crippen LogP contribution in [0.2, 0.25) is 0 Å². The van der Waals surface area contributed by atoms with Crippen LogP contribution in [0.1, 0.15) is 17.5 Å². The first-order chi connectivity index (χ1) is 12.2. The van der Waals surface area contributed by atoms with E-state index in [0.717, 1.165) is 17.2 Å². The zero-order valence-electron chi connectivity index (χ0n) is 14.3. The number of thiazole rings is 1. The summed E-state index contributed by atoms with van der Waals surface area (Å²) in [5.74, 6) is 0.670. The molecule has 1 aromatic heterocycles. The van der Waals surface area contributed by atoms with Crippen LogP contribution < -0.4 is 10.1 Å². The van der Waals surface area contributed by atoms with Gasteiger partial charge in [0.2, 0.25) is 0 Å². The normalized spacial score (nSPS) is 12.1. The van der Waals surface area contributed by atoms with Crippen molar-refractivity contribution in [2.75, 3.05) is 7.11 Å². The number of para-hydroxylation sites is 1. The summed E-state index contributed by atoms with van der Waals surface area (Å²) in [7, 11) is 1.69. The molecule has 1 heterocycles. The van der Waals surface area contributed by atoms with E-state index < -0.39 is 0 Å². The van der Waals surface area contributed by atoms with Crippen LogP contribution in [0.4, 0.5) is 4.39 Å². The highest BCUT2D eigenvalue weighted by Crippen LogP contribution is 2.24. The molecule has 5 heteroatoms. The Kier molecular flexibility index (Phi) is 5.79. The van der Waals surface area contributed by atoms with E-state index >= 15 is 0 Å². The summed E-state index contributed by atoms with van der Waals surface area (Å²) in [6.07, 6.45) is 0.871. The molecule has 0 saturated heterocycles. The van der Waals surface area contributed by atoms with Gasteiger partial charge in [0.15, 0.2) is 0 Å². The van der Waals surface area contributed by atoms with Gasteiger partial charge in [-0.3, -0.25) is 0 Å². The zero-order valence-corrected chi connectivity index (χ0v) is 15.1. The van der Waals surface area contributed by atoms with E-state index in [4.69, 9.17) is 4.74 Å². The monoisotopic (exact) mass is 356 g/mol. The average molecular weight is 356 g/mol. The van der Waals surface area contributed by atoms with E-state index in [1.807, 2.05) is 29.6 Å². The van der Waals surface area contributed by atoms with Crippen LogP contribution >= 0.6 is 11.3 Å². The molecule has 0 aliphatic carbocycles. The van der Waals surface area contributed by atoms with Gasteiger partial charge in [-0.1, -0.05) is 30.3 Å². The van der Waals surface area contributed by atoms with Gasteiger partial charge >= 0.3 is 0 Å². The molecule has 0 spiro atoms. The van der Waals surface area contributed by atoms with Gasteiger partial charge in [0.1, 0.15) is 16.6 Å². The number of nitrogens with zero attached hydrogens (tertiary/aromatic N) is 1. The Labute approximate surface area is 151 Å². The first-order valence-electron chi connectivity index (χ1n) is 8.22. The van der Waals surface area contributed by atoms with Crippen molar-refractivity contribution in [2.24, 2.45) is 0 Å². The lowest BCUT2D eigenvalue weighted by atomic mass is 10.1. The highest BCUT2D eigenvalue weighted by molar-refractivity contribution is 7.09. The molecule has 130 valence electrons. The topological polar surface area (TPSA) is 34.1 Å². The zero-order chi connectivity index (χ0) is 17.6. The van der Waals surface area contributed by atoms with Crippen molar-refractivity contribution in [1.82, 2.24) is 10.3 Å². The van der Waals surface area contributed by atoms with Gasteiger partial charge in [0.05, 0.1) is 12.8 Å². The number of nitrogens with one attached hydrogen (secondary N) is 1. The Morgan fingerprint density at radius 1 is 1.16 bits per heavy atom. The number of halogens is 1. The van der Waals surface area contributed by atoms with Gasteiger partial charge in [-0.2, -0.15) is 0 Å². The number of hydrogen-bond donors (Lipinski definition) is 1. The molecule has 1 N–H and O–H groups in total. The molecule has 3 nitrogen and oxygen atoms in total. The number of methoxy groups -OCH3 is 1. The van der Waals surface area contributed by atoms with Crippen molar-refractivity contribution >= 4 is 11.3 Å². The highest BCUT2D eigenvalue weighted by atomic mass is 32.1. The molecular formula is C20H21FN2OS. The molecular weight excluding hydrogens is 335 g/mol. The van der Waals surface area contributed by atoms with Crippen molar-refractivity contribution in [1.29, 1.82) is 0 Å². The Hall–Kier alpha value is -2.24. The summed E-state index contributed by atoms with van der Waals surface area (Å²) >= 11 is 1.54. The second kappa shape index (κ2) is 8.23. The van der Waals surface area contributed by atoms with E-state index in [1.165, 1.54) is 11.6 Å². The molecule has 0 aliphatic rings. The Morgan fingerprint density at radius 2 is 1.92 bits per heavy atom. The summed E-state index contributed by atoms with van der Waals surface area (Å²) in [5, 5.41) is 6.33. The predicted molar refractivity (Wildman–Crippen MR) is 101 cm³/mol. The highest BCUT2D eigenvalue weighted by Gasteiger charge is 2.11. The third-order valence-corrected chi connectivity index (χ3v) is 4.87. The van der Waals surface area contributed by atoms with Crippen LogP contribution in [0.5, 0.6) is 5.75 Å². The lowest BCUT2D eigenvalue weighted by molar-refractivity contribution is 0.406. The van der Waals surface area contributed by atoms with Gasteiger partial charge in [-0.05, 0) is 37.1 Å². The largest absolute Gasteiger partial charge is 0.496 e. The summed E-state index contributed by atoms with van der Waals surface area (Å²) in [5.41, 5.74) is 2.42. The minimum Gasteiger partial charge on any atom is -0.496 e. The number of benzene rings is 2. The quantitative estimate of drug-likeness (QED) is 0.667. The molecule has 0 amide bonds. The Balaban J connectivity index is 1.60. The third-order valence-electron chi connectivity index (χ3n) is 4.02. The van der Waals surface area contributed by atoms with Crippen LogP contribution in [0.15, 0.2) is 53.9 Å². The molecule has 0 saturated carbocycles. The predicted octanol–water partition coefficient (Wildman–Crippen LogP) is 4.68. The van der Waals surface area contributed by atoms with Crippen LogP contribution in [-0.2, 0) is 13.0 Å². The second-order valence-electron chi connectivity index (χ2n) is 5.90. The molecule has 0 unspecified atom stereocenters. The van der Waals surface area contributed by atoms with Gasteiger partial charge in [0, 0.05) is 23.5 Å². The Morgan fingerprint density at radius 3 is 2.72 bits per heavy atom. The van der Waals surface area contributed by atoms with E-state index in [2.05, 4.69) is 23.3 Å². The first kappa shape index (κ1) is 17.6. The van der Waals surface area contributed by atoms with Gasteiger partial charge < -0.3 is 10.1 Å². The fraction of sp³-hybridized carbons (Fsp3) is 0.250. The SMILES string of the molecule is COc1ccccc1C[C@H](C)NCc1nc(-c2ccccc2F)cs1. The second-order valence-corrected chi connectivity index (χ2v) is 6.85. The van der Waals surface area contributed by atoms with Crippen LogP contribution in [-0.4, -0.2) is 18.1 Å². The maximum atomic E-state index is 13.8. The van der Waals surface area contributed by atoms with E-state index in [-0.39, 0.29) is 11.9 Å². The minimum atomic E-state index is -0.239. The fourth-order valence-corrected chi connectivity index (χ4v) is 3.46. The van der Waals surface area contributed by atoms with Gasteiger partial charge in [-0.15, -0.1) is 11.3 Å². The molecule has 2 aromatic carbocycles. The van der Waals surface area contributed by atoms with E-state index in [0.29, 0.717) is 17.8 Å². The summed E-state index contributed by atoms with van der Waals surface area (Å²) < 4.78 is 19.2. The summed E-state index contributed by atoms with van der Waals surface area (Å²) in [4.78, 5) is 4.55. The minimum absolute atomic E-state index is 0.239. The van der Waals surface area contributed by atoms with Crippen LogP contribution in [0, 0.1) is 5.82 Å². The fourth-order valence-electron chi connectivity index (χ4n) is 2.72. The smallest absolute Gasteiger partial charge is 0.132 e. The number of hydrogen-bond acceptors (Lipinski definition) is 4. The molecule has 3 rings (SSSR count). The van der Waals surface area contributed by atoms with Crippen molar-refractivity contribution in [3.05, 3.63) is 70.3 Å². The maximum absolute atomic E-state index is 13.8. The standard InChI is InChI=1S/C20H21FN2OS/c1-14(11-15-7-3-6-10-19(15)24-2)22-12-20-23-18(13-25-20)16-8-4-5-9-17(16)21/h3-10,13-14,22H,11-12H2,1-2H3/t14-/m0/s1. The first-order valence-corrected chi connectivity index (χ1v) is 9.10. The summed E-state index contributed by atoms with van der Waals surface area (Å²) in [6, 6.07) is 15.1. The lowest BCUT2D eigenvalue weighted by Gasteiger charge is -2.15. The average Bonchev–Trinajstić information content (AvgIpc) is 3.09. The van der Waals surface area contributed by atoms with E-state index in [1.54, 1.807) is 30.6 Å². The van der Waals surface area contributed by atoms with Crippen LogP contribution in [0.3, 0.4) is 0 Å². The van der Waals surface area contributed by atoms with Gasteiger partial charge in [-0.25, -0.2) is 9.37 Å². The number of rotatable bonds is 7. The Bertz CT molecular complexity index is 834. The number of aromatic nitrogens is 1. The van der Waals surface area contributed by atoms with E-state index in [9.17, 15) is 4.39 Å². The molecule has 0 aliphatic heterocycles. The van der Waals surface area contributed by atoms with Crippen molar-refractivity contribution in [3.8, 4) is 17.0 Å². The molecule has 1 atom stereocenters. The van der Waals surface area contributed by atoms with Crippen molar-refractivity contribution in [3.63, 3.8) is 0 Å². The number of ether oxygens (including phenoxy) is 1. The molecule has 0 bridgehead atoms. The molecule has 3 aromatic rings. The third kappa shape index (κ3) is 4.44. The van der Waals surface area contributed by atoms with Crippen LogP contribution in [0.25, 0.3) is 11.3 Å². The lowest BCUT2D eigenvalue weighted by Crippen LogP contribution is -2.27.